The largest absolute Gasteiger partial charge is 0.393 e. The van der Waals surface area contributed by atoms with Gasteiger partial charge in [-0.1, -0.05) is 67.6 Å². The molecule has 2 rings (SSSR count). The molecule has 0 heterocycles. The van der Waals surface area contributed by atoms with Crippen molar-refractivity contribution in [1.29, 1.82) is 0 Å². The predicted octanol–water partition coefficient (Wildman–Crippen LogP) is 2.67. The minimum Gasteiger partial charge on any atom is -0.393 e. The molecule has 2 atom stereocenters. The van der Waals surface area contributed by atoms with E-state index in [0.29, 0.717) is 0 Å². The van der Waals surface area contributed by atoms with Crippen LogP contribution in [-0.2, 0) is 5.60 Å². The Morgan fingerprint density at radius 1 is 0.944 bits per heavy atom. The van der Waals surface area contributed by atoms with Crippen LogP contribution < -0.4 is 0 Å². The van der Waals surface area contributed by atoms with Crippen molar-refractivity contribution in [2.45, 2.75) is 18.4 Å². The molecule has 0 bridgehead atoms. The van der Waals surface area contributed by atoms with E-state index in [0.717, 1.165) is 11.1 Å². The average Bonchev–Trinajstić information content (AvgIpc) is 2.47. The summed E-state index contributed by atoms with van der Waals surface area (Å²) in [4.78, 5) is 0. The number of hydrogen-bond donors (Lipinski definition) is 2. The summed E-state index contributed by atoms with van der Waals surface area (Å²) in [6.45, 7) is 1.63. The molecule has 0 fully saturated rings. The monoisotopic (exact) mass is 242 g/mol. The van der Waals surface area contributed by atoms with Gasteiger partial charge in [0.1, 0.15) is 5.60 Å². The zero-order valence-electron chi connectivity index (χ0n) is 10.5. The lowest BCUT2D eigenvalue weighted by Gasteiger charge is -2.33. The third-order valence-electron chi connectivity index (χ3n) is 3.53. The molecule has 0 aromatic heterocycles. The van der Waals surface area contributed by atoms with Crippen LogP contribution in [0.15, 0.2) is 60.7 Å². The highest BCUT2D eigenvalue weighted by atomic mass is 16.3. The van der Waals surface area contributed by atoms with Gasteiger partial charge in [0.15, 0.2) is 0 Å². The number of benzene rings is 2. The lowest BCUT2D eigenvalue weighted by atomic mass is 9.79. The first-order valence-electron chi connectivity index (χ1n) is 6.12. The smallest absolute Gasteiger partial charge is 0.119 e. The predicted molar refractivity (Wildman–Crippen MR) is 72.3 cm³/mol. The lowest BCUT2D eigenvalue weighted by Crippen LogP contribution is -2.36. The highest BCUT2D eigenvalue weighted by molar-refractivity contribution is 5.30. The maximum Gasteiger partial charge on any atom is 0.119 e. The molecule has 0 spiro atoms. The van der Waals surface area contributed by atoms with Crippen LogP contribution in [0, 0.1) is 0 Å². The molecule has 0 saturated heterocycles. The zero-order valence-corrected chi connectivity index (χ0v) is 10.5. The quantitative estimate of drug-likeness (QED) is 0.865. The van der Waals surface area contributed by atoms with E-state index in [-0.39, 0.29) is 12.5 Å². The Morgan fingerprint density at radius 3 is 1.94 bits per heavy atom. The molecular weight excluding hydrogens is 224 g/mol. The van der Waals surface area contributed by atoms with E-state index in [9.17, 15) is 10.2 Å². The summed E-state index contributed by atoms with van der Waals surface area (Å²) in [5.41, 5.74) is 0.504. The Kier molecular flexibility index (Phi) is 3.80. The summed E-state index contributed by atoms with van der Waals surface area (Å²) in [5.74, 6) is -0.175. The van der Waals surface area contributed by atoms with Gasteiger partial charge < -0.3 is 10.2 Å². The molecule has 0 aliphatic carbocycles. The van der Waals surface area contributed by atoms with Crippen LogP contribution in [0.4, 0.5) is 0 Å². The minimum absolute atomic E-state index is 0.175. The fraction of sp³-hybridized carbons (Fsp3) is 0.250. The standard InChI is InChI=1S/C16H18O2/c1-13(14-8-4-2-5-9-14)16(18,12-17)15-10-6-3-7-11-15/h2-11,13,17-18H,12H2,1H3/t13-,16-/m1/s1. The average molecular weight is 242 g/mol. The molecule has 0 aliphatic heterocycles. The van der Waals surface area contributed by atoms with Crippen LogP contribution in [0.1, 0.15) is 24.0 Å². The Hall–Kier alpha value is -1.64. The van der Waals surface area contributed by atoms with E-state index < -0.39 is 5.60 Å². The van der Waals surface area contributed by atoms with Crippen LogP contribution in [0.25, 0.3) is 0 Å². The van der Waals surface area contributed by atoms with Crippen molar-refractivity contribution in [3.63, 3.8) is 0 Å². The van der Waals surface area contributed by atoms with Crippen molar-refractivity contribution in [3.8, 4) is 0 Å². The molecule has 2 N–H and O–H groups in total. The topological polar surface area (TPSA) is 40.5 Å². The van der Waals surface area contributed by atoms with E-state index >= 15 is 0 Å². The Bertz CT molecular complexity index is 481. The highest BCUT2D eigenvalue weighted by Crippen LogP contribution is 2.36. The van der Waals surface area contributed by atoms with Crippen molar-refractivity contribution in [2.75, 3.05) is 6.61 Å². The van der Waals surface area contributed by atoms with Gasteiger partial charge in [0.2, 0.25) is 0 Å². The minimum atomic E-state index is -1.25. The van der Waals surface area contributed by atoms with E-state index in [1.54, 1.807) is 0 Å². The summed E-state index contributed by atoms with van der Waals surface area (Å²) in [6, 6.07) is 19.1. The molecule has 0 aliphatic rings. The summed E-state index contributed by atoms with van der Waals surface area (Å²) in [6.07, 6.45) is 0. The fourth-order valence-electron chi connectivity index (χ4n) is 2.22. The van der Waals surface area contributed by atoms with E-state index in [4.69, 9.17) is 0 Å². The molecule has 94 valence electrons. The Balaban J connectivity index is 2.39. The molecule has 18 heavy (non-hydrogen) atoms. The summed E-state index contributed by atoms with van der Waals surface area (Å²) >= 11 is 0. The van der Waals surface area contributed by atoms with E-state index in [1.165, 1.54) is 0 Å². The van der Waals surface area contributed by atoms with Gasteiger partial charge in [-0.25, -0.2) is 0 Å². The SMILES string of the molecule is C[C@H](c1ccccc1)[C@](O)(CO)c1ccccc1. The van der Waals surface area contributed by atoms with Crippen LogP contribution in [-0.4, -0.2) is 16.8 Å². The normalized spacial score (nSPS) is 15.9. The Morgan fingerprint density at radius 2 is 1.44 bits per heavy atom. The van der Waals surface area contributed by atoms with Crippen LogP contribution in [0.5, 0.6) is 0 Å². The maximum atomic E-state index is 10.8. The molecule has 0 unspecified atom stereocenters. The van der Waals surface area contributed by atoms with E-state index in [1.807, 2.05) is 67.6 Å². The van der Waals surface area contributed by atoms with Gasteiger partial charge in [-0.05, 0) is 11.1 Å². The van der Waals surface area contributed by atoms with Gasteiger partial charge >= 0.3 is 0 Å². The molecule has 2 aromatic carbocycles. The second kappa shape index (κ2) is 5.34. The van der Waals surface area contributed by atoms with Crippen molar-refractivity contribution in [2.24, 2.45) is 0 Å². The third-order valence-corrected chi connectivity index (χ3v) is 3.53. The van der Waals surface area contributed by atoms with Gasteiger partial charge in [0.25, 0.3) is 0 Å². The number of rotatable bonds is 4. The maximum absolute atomic E-state index is 10.8. The highest BCUT2D eigenvalue weighted by Gasteiger charge is 2.35. The first-order chi connectivity index (χ1) is 8.68. The molecule has 0 saturated carbocycles. The van der Waals surface area contributed by atoms with Crippen LogP contribution in [0.3, 0.4) is 0 Å². The van der Waals surface area contributed by atoms with Crippen molar-refractivity contribution in [1.82, 2.24) is 0 Å². The van der Waals surface area contributed by atoms with Gasteiger partial charge in [-0.15, -0.1) is 0 Å². The summed E-state index contributed by atoms with van der Waals surface area (Å²) < 4.78 is 0. The fourth-order valence-corrected chi connectivity index (χ4v) is 2.22. The molecule has 0 radical (unpaired) electrons. The van der Waals surface area contributed by atoms with Gasteiger partial charge in [-0.3, -0.25) is 0 Å². The van der Waals surface area contributed by atoms with Gasteiger partial charge in [0.05, 0.1) is 6.61 Å². The molecule has 2 aromatic rings. The van der Waals surface area contributed by atoms with Crippen molar-refractivity contribution < 1.29 is 10.2 Å². The molecule has 0 amide bonds. The molecular formula is C16H18O2. The Labute approximate surface area is 108 Å². The number of hydrogen-bond acceptors (Lipinski definition) is 2. The van der Waals surface area contributed by atoms with Crippen LogP contribution in [0.2, 0.25) is 0 Å². The first kappa shape index (κ1) is 12.8. The summed E-state index contributed by atoms with van der Waals surface area (Å²) in [7, 11) is 0. The molecule has 2 nitrogen and oxygen atoms in total. The summed E-state index contributed by atoms with van der Waals surface area (Å²) in [5, 5.41) is 20.4. The van der Waals surface area contributed by atoms with E-state index in [2.05, 4.69) is 0 Å². The van der Waals surface area contributed by atoms with Gasteiger partial charge in [0, 0.05) is 5.92 Å². The third kappa shape index (κ3) is 2.30. The number of aliphatic hydroxyl groups is 2. The van der Waals surface area contributed by atoms with Crippen LogP contribution >= 0.6 is 0 Å². The second-order valence-electron chi connectivity index (χ2n) is 4.58. The van der Waals surface area contributed by atoms with Crippen molar-refractivity contribution in [3.05, 3.63) is 71.8 Å². The lowest BCUT2D eigenvalue weighted by molar-refractivity contribution is -0.0382. The first-order valence-corrected chi connectivity index (χ1v) is 6.12. The zero-order chi connectivity index (χ0) is 13.0. The second-order valence-corrected chi connectivity index (χ2v) is 4.58. The number of aliphatic hydroxyl groups excluding tert-OH is 1. The van der Waals surface area contributed by atoms with Gasteiger partial charge in [-0.2, -0.15) is 0 Å². The van der Waals surface area contributed by atoms with Crippen molar-refractivity contribution >= 4 is 0 Å². The molecule has 2 heteroatoms.